The van der Waals surface area contributed by atoms with Crippen molar-refractivity contribution in [1.29, 1.82) is 0 Å². The van der Waals surface area contributed by atoms with Gasteiger partial charge in [0.2, 0.25) is 11.8 Å². The molecule has 2 saturated heterocycles. The fourth-order valence-electron chi connectivity index (χ4n) is 8.70. The van der Waals surface area contributed by atoms with Crippen LogP contribution in [0.15, 0.2) is 82.8 Å². The Morgan fingerprint density at radius 1 is 0.918 bits per heavy atom. The zero-order valence-electron chi connectivity index (χ0n) is 27.2. The third-order valence-electron chi connectivity index (χ3n) is 10.9. The number of anilines is 1. The van der Waals surface area contributed by atoms with E-state index in [0.717, 1.165) is 16.1 Å². The van der Waals surface area contributed by atoms with Gasteiger partial charge in [-0.3, -0.25) is 34.3 Å². The molecule has 1 saturated carbocycles. The molecule has 0 unspecified atom stereocenters. The molecule has 2 aliphatic heterocycles. The summed E-state index contributed by atoms with van der Waals surface area (Å²) in [6, 6.07) is 20.0. The summed E-state index contributed by atoms with van der Waals surface area (Å²) < 4.78 is 6.20. The topological polar surface area (TPSA) is 157 Å². The second-order valence-electron chi connectivity index (χ2n) is 13.6. The summed E-state index contributed by atoms with van der Waals surface area (Å²) in [6.45, 7) is 1.79. The predicted molar refractivity (Wildman–Crippen MR) is 176 cm³/mol. The number of carbonyl (C=O) groups is 5. The van der Waals surface area contributed by atoms with Gasteiger partial charge in [-0.2, -0.15) is 5.01 Å². The zero-order valence-corrected chi connectivity index (χ0v) is 27.2. The molecular weight excluding hydrogens is 626 g/mol. The molecule has 3 N–H and O–H groups in total. The standard InChI is InChI=1S/C38H39N3O8/c1-22-11-13-24(14-12-22)39-41-35(46)29-20-28-26(16-17-27-32(28)36(47)40(34(27)45)19-7-3-6-10-31(43)44)33(30-18-15-25(21-42)49-30)38(29,37(41)48)23-8-4-2-5-9-23/h2,4-5,8-9,11-16,18,27-29,32-33,39,42H,3,6-7,10,17,19-21H2,1H3,(H,43,44)/t27-,28+,29-,32-,33+,38+/m0/s1. The van der Waals surface area contributed by atoms with Gasteiger partial charge in [-0.15, -0.1) is 0 Å². The average molecular weight is 666 g/mol. The van der Waals surface area contributed by atoms with Crippen molar-refractivity contribution < 1.29 is 38.6 Å². The number of amides is 4. The van der Waals surface area contributed by atoms with Crippen LogP contribution in [0.3, 0.4) is 0 Å². The van der Waals surface area contributed by atoms with Crippen molar-refractivity contribution in [2.75, 3.05) is 12.0 Å². The van der Waals surface area contributed by atoms with Crippen molar-refractivity contribution in [2.24, 2.45) is 23.7 Å². The van der Waals surface area contributed by atoms with Gasteiger partial charge < -0.3 is 14.6 Å². The molecule has 3 aromatic rings. The van der Waals surface area contributed by atoms with E-state index in [4.69, 9.17) is 9.52 Å². The van der Waals surface area contributed by atoms with Gasteiger partial charge in [-0.25, -0.2) is 0 Å². The summed E-state index contributed by atoms with van der Waals surface area (Å²) in [6.07, 6.45) is 4.00. The minimum absolute atomic E-state index is 0.0295. The molecular formula is C38H39N3O8. The first-order valence-corrected chi connectivity index (χ1v) is 16.9. The van der Waals surface area contributed by atoms with E-state index in [9.17, 15) is 24.3 Å². The largest absolute Gasteiger partial charge is 0.481 e. The van der Waals surface area contributed by atoms with E-state index in [1.54, 1.807) is 24.3 Å². The molecule has 4 amide bonds. The van der Waals surface area contributed by atoms with Crippen LogP contribution in [0, 0.1) is 30.6 Å². The number of hydrogen-bond acceptors (Lipinski definition) is 8. The Kier molecular flexibility index (Phi) is 8.48. The van der Waals surface area contributed by atoms with E-state index in [0.29, 0.717) is 48.5 Å². The molecule has 1 aromatic heterocycles. The highest BCUT2D eigenvalue weighted by Crippen LogP contribution is 2.64. The number of hydrogen-bond donors (Lipinski definition) is 3. The Labute approximate surface area is 283 Å². The minimum atomic E-state index is -1.44. The number of rotatable bonds is 11. The van der Waals surface area contributed by atoms with Crippen LogP contribution in [0.2, 0.25) is 0 Å². The fraction of sp³-hybridized carbons (Fsp3) is 0.395. The molecule has 2 aromatic carbocycles. The molecule has 49 heavy (non-hydrogen) atoms. The smallest absolute Gasteiger partial charge is 0.303 e. The highest BCUT2D eigenvalue weighted by Gasteiger charge is 2.71. The number of imide groups is 2. The maximum Gasteiger partial charge on any atom is 0.303 e. The molecule has 11 heteroatoms. The normalized spacial score (nSPS) is 27.6. The third kappa shape index (κ3) is 5.27. The number of nitrogens with zero attached hydrogens (tertiary/aromatic N) is 2. The zero-order chi connectivity index (χ0) is 34.4. The van der Waals surface area contributed by atoms with E-state index < -0.39 is 52.8 Å². The number of aliphatic hydroxyl groups is 1. The predicted octanol–water partition coefficient (Wildman–Crippen LogP) is 4.71. The van der Waals surface area contributed by atoms with Crippen LogP contribution < -0.4 is 5.43 Å². The summed E-state index contributed by atoms with van der Waals surface area (Å²) in [4.78, 5) is 69.7. The molecule has 3 fully saturated rings. The van der Waals surface area contributed by atoms with Crippen molar-refractivity contribution in [3.05, 3.63) is 101 Å². The molecule has 11 nitrogen and oxygen atoms in total. The van der Waals surface area contributed by atoms with E-state index in [1.807, 2.05) is 55.5 Å². The van der Waals surface area contributed by atoms with E-state index >= 15 is 4.79 Å². The summed E-state index contributed by atoms with van der Waals surface area (Å²) in [5, 5.41) is 20.0. The summed E-state index contributed by atoms with van der Waals surface area (Å²) in [7, 11) is 0. The Morgan fingerprint density at radius 2 is 1.67 bits per heavy atom. The van der Waals surface area contributed by atoms with Gasteiger partial charge in [0.05, 0.1) is 29.4 Å². The summed E-state index contributed by atoms with van der Waals surface area (Å²) in [5.74, 6) is -5.12. The summed E-state index contributed by atoms with van der Waals surface area (Å²) in [5.41, 5.74) is 4.64. The van der Waals surface area contributed by atoms with Gasteiger partial charge in [-0.1, -0.05) is 66.1 Å². The lowest BCUT2D eigenvalue weighted by atomic mass is 9.50. The molecule has 254 valence electrons. The van der Waals surface area contributed by atoms with Crippen molar-refractivity contribution in [2.45, 2.75) is 63.4 Å². The second-order valence-corrected chi connectivity index (χ2v) is 13.6. The highest BCUT2D eigenvalue weighted by atomic mass is 16.4. The van der Waals surface area contributed by atoms with Crippen LogP contribution in [-0.2, 0) is 36.0 Å². The number of unbranched alkanes of at least 4 members (excludes halogenated alkanes) is 2. The molecule has 0 bridgehead atoms. The quantitative estimate of drug-likeness (QED) is 0.150. The molecule has 0 spiro atoms. The number of carboxylic acids is 1. The minimum Gasteiger partial charge on any atom is -0.481 e. The van der Waals surface area contributed by atoms with E-state index in [-0.39, 0.29) is 37.8 Å². The first kappa shape index (κ1) is 32.5. The van der Waals surface area contributed by atoms with Gasteiger partial charge >= 0.3 is 5.97 Å². The number of allylic oxidation sites excluding steroid dienone is 2. The Morgan fingerprint density at radius 3 is 2.37 bits per heavy atom. The number of aryl methyl sites for hydroxylation is 1. The first-order valence-electron chi connectivity index (χ1n) is 16.9. The first-order chi connectivity index (χ1) is 23.7. The van der Waals surface area contributed by atoms with Gasteiger partial charge in [0.15, 0.2) is 0 Å². The van der Waals surface area contributed by atoms with Crippen LogP contribution in [0.4, 0.5) is 5.69 Å². The number of aliphatic hydroxyl groups excluding tert-OH is 1. The lowest BCUT2D eigenvalue weighted by Crippen LogP contribution is -2.53. The number of carboxylic acid groups (broad SMARTS) is 1. The maximum absolute atomic E-state index is 15.0. The molecule has 2 aliphatic carbocycles. The Hall–Kier alpha value is -5.03. The van der Waals surface area contributed by atoms with Crippen LogP contribution in [0.1, 0.15) is 67.1 Å². The number of hydrazine groups is 1. The monoisotopic (exact) mass is 665 g/mol. The molecule has 6 atom stereocenters. The van der Waals surface area contributed by atoms with Crippen LogP contribution in [-0.4, -0.2) is 56.3 Å². The van der Waals surface area contributed by atoms with E-state index in [2.05, 4.69) is 5.43 Å². The van der Waals surface area contributed by atoms with Crippen LogP contribution in [0.25, 0.3) is 0 Å². The number of benzene rings is 2. The maximum atomic E-state index is 15.0. The van der Waals surface area contributed by atoms with Crippen LogP contribution in [0.5, 0.6) is 0 Å². The molecule has 4 aliphatic rings. The lowest BCUT2D eigenvalue weighted by molar-refractivity contribution is -0.141. The number of fused-ring (bicyclic) bond motifs is 4. The van der Waals surface area contributed by atoms with Crippen molar-refractivity contribution >= 4 is 35.3 Å². The van der Waals surface area contributed by atoms with Crippen LogP contribution >= 0.6 is 0 Å². The second kappa shape index (κ2) is 12.8. The van der Waals surface area contributed by atoms with E-state index in [1.165, 1.54) is 4.90 Å². The number of likely N-dealkylation sites (tertiary alicyclic amines) is 1. The van der Waals surface area contributed by atoms with Gasteiger partial charge in [0.25, 0.3) is 11.8 Å². The Bertz CT molecular complexity index is 1830. The number of furan rings is 1. The molecule has 3 heterocycles. The van der Waals surface area contributed by atoms with Gasteiger partial charge in [0.1, 0.15) is 23.5 Å². The number of nitrogens with one attached hydrogen (secondary N) is 1. The summed E-state index contributed by atoms with van der Waals surface area (Å²) >= 11 is 0. The van der Waals surface area contributed by atoms with Gasteiger partial charge in [-0.05, 0) is 68.4 Å². The fourth-order valence-corrected chi connectivity index (χ4v) is 8.70. The SMILES string of the molecule is Cc1ccc(NN2C(=O)[C@@H]3C[C@@H]4C(=CC[C@@H]5C(=O)N(CCCCCC(=O)O)C(=O)[C@@H]54)[C@H](c4ccc(CO)o4)[C@]3(c3ccccc3)C2=O)cc1. The van der Waals surface area contributed by atoms with Crippen molar-refractivity contribution in [3.8, 4) is 0 Å². The molecule has 0 radical (unpaired) electrons. The molecule has 7 rings (SSSR count). The van der Waals surface area contributed by atoms with Gasteiger partial charge in [0, 0.05) is 13.0 Å². The third-order valence-corrected chi connectivity index (χ3v) is 10.9. The van der Waals surface area contributed by atoms with Crippen molar-refractivity contribution in [1.82, 2.24) is 9.91 Å². The number of carbonyl (C=O) groups excluding carboxylic acids is 4. The highest BCUT2D eigenvalue weighted by molar-refractivity contribution is 6.13. The van der Waals surface area contributed by atoms with Crippen molar-refractivity contribution in [3.63, 3.8) is 0 Å². The average Bonchev–Trinajstić information content (AvgIpc) is 3.74. The lowest BCUT2D eigenvalue weighted by Gasteiger charge is -2.49. The number of aliphatic carboxylic acids is 1. The Balaban J connectivity index is 1.31.